The van der Waals surface area contributed by atoms with Crippen LogP contribution in [-0.4, -0.2) is 35.2 Å². The van der Waals surface area contributed by atoms with Crippen LogP contribution in [0.4, 0.5) is 5.82 Å². The van der Waals surface area contributed by atoms with E-state index in [1.807, 2.05) is 24.4 Å². The number of likely N-dealkylation sites (N-methyl/N-ethyl adjacent to an activating group) is 1. The Balaban J connectivity index is 2.04. The first-order valence-electron chi connectivity index (χ1n) is 6.73. The van der Waals surface area contributed by atoms with Gasteiger partial charge in [-0.15, -0.1) is 0 Å². The quantitative estimate of drug-likeness (QED) is 0.906. The van der Waals surface area contributed by atoms with E-state index in [1.165, 1.54) is 0 Å². The Morgan fingerprint density at radius 3 is 3.05 bits per heavy atom. The summed E-state index contributed by atoms with van der Waals surface area (Å²) in [6.07, 6.45) is 3.28. The molecule has 0 aromatic carbocycles. The summed E-state index contributed by atoms with van der Waals surface area (Å²) in [4.78, 5) is 6.93. The number of hydrogen-bond donors (Lipinski definition) is 1. The molecule has 2 atom stereocenters. The minimum atomic E-state index is 0.237. The van der Waals surface area contributed by atoms with Crippen molar-refractivity contribution in [1.29, 1.82) is 0 Å². The molecule has 1 aliphatic rings. The number of nitrogens with zero attached hydrogens (tertiary/aromatic N) is 3. The van der Waals surface area contributed by atoms with Crippen LogP contribution >= 0.6 is 0 Å². The van der Waals surface area contributed by atoms with Crippen LogP contribution in [-0.2, 0) is 11.3 Å². The molecule has 3 rings (SSSR count). The van der Waals surface area contributed by atoms with Crippen molar-refractivity contribution in [1.82, 2.24) is 9.38 Å². The molecule has 0 aliphatic carbocycles. The van der Waals surface area contributed by atoms with Gasteiger partial charge in [0.25, 0.3) is 0 Å². The fraction of sp³-hybridized carbons (Fsp3) is 0.500. The van der Waals surface area contributed by atoms with Gasteiger partial charge in [0.2, 0.25) is 0 Å². The van der Waals surface area contributed by atoms with Gasteiger partial charge in [-0.05, 0) is 25.5 Å². The molecule has 3 heterocycles. The SMILES string of the molecule is CC1OCCC1N(C)c1nc2ccccn2c1CN. The number of fused-ring (bicyclic) bond motifs is 1. The molecule has 5 heteroatoms. The van der Waals surface area contributed by atoms with Crippen molar-refractivity contribution >= 4 is 11.5 Å². The third-order valence-electron chi connectivity index (χ3n) is 3.97. The second-order valence-electron chi connectivity index (χ2n) is 5.06. The van der Waals surface area contributed by atoms with Crippen LogP contribution in [0.5, 0.6) is 0 Å². The highest BCUT2D eigenvalue weighted by atomic mass is 16.5. The van der Waals surface area contributed by atoms with Crippen LogP contribution in [0.25, 0.3) is 5.65 Å². The van der Waals surface area contributed by atoms with E-state index in [2.05, 4.69) is 23.3 Å². The van der Waals surface area contributed by atoms with E-state index in [-0.39, 0.29) is 6.10 Å². The number of hydrogen-bond acceptors (Lipinski definition) is 4. The van der Waals surface area contributed by atoms with Crippen LogP contribution in [0.1, 0.15) is 19.0 Å². The molecular formula is C14H20N4O. The molecule has 2 aromatic heterocycles. The largest absolute Gasteiger partial charge is 0.376 e. The molecule has 1 aliphatic heterocycles. The van der Waals surface area contributed by atoms with Gasteiger partial charge < -0.3 is 19.8 Å². The summed E-state index contributed by atoms with van der Waals surface area (Å²) in [6, 6.07) is 6.37. The van der Waals surface area contributed by atoms with Crippen molar-refractivity contribution < 1.29 is 4.74 Å². The van der Waals surface area contributed by atoms with Crippen molar-refractivity contribution in [3.8, 4) is 0 Å². The maximum Gasteiger partial charge on any atom is 0.152 e. The topological polar surface area (TPSA) is 55.8 Å². The number of rotatable bonds is 3. The first-order valence-corrected chi connectivity index (χ1v) is 6.73. The van der Waals surface area contributed by atoms with E-state index in [0.717, 1.165) is 30.2 Å². The monoisotopic (exact) mass is 260 g/mol. The third-order valence-corrected chi connectivity index (χ3v) is 3.97. The Labute approximate surface area is 113 Å². The standard InChI is InChI=1S/C14H20N4O/c1-10-11(6-8-19-10)17(2)14-12(9-15)18-7-4-3-5-13(18)16-14/h3-5,7,10-11H,6,8-9,15H2,1-2H3. The van der Waals surface area contributed by atoms with Crippen molar-refractivity contribution in [3.05, 3.63) is 30.1 Å². The number of pyridine rings is 1. The molecule has 0 saturated carbocycles. The average molecular weight is 260 g/mol. The van der Waals surface area contributed by atoms with Crippen LogP contribution in [0.2, 0.25) is 0 Å². The molecular weight excluding hydrogens is 240 g/mol. The van der Waals surface area contributed by atoms with Crippen LogP contribution in [0.15, 0.2) is 24.4 Å². The predicted molar refractivity (Wildman–Crippen MR) is 75.3 cm³/mol. The molecule has 5 nitrogen and oxygen atoms in total. The zero-order chi connectivity index (χ0) is 13.4. The fourth-order valence-electron chi connectivity index (χ4n) is 2.89. The van der Waals surface area contributed by atoms with E-state index >= 15 is 0 Å². The number of imidazole rings is 1. The number of ether oxygens (including phenoxy) is 1. The predicted octanol–water partition coefficient (Wildman–Crippen LogP) is 1.41. The lowest BCUT2D eigenvalue weighted by Gasteiger charge is -2.27. The second-order valence-corrected chi connectivity index (χ2v) is 5.06. The van der Waals surface area contributed by atoms with Crippen molar-refractivity contribution in [2.75, 3.05) is 18.6 Å². The van der Waals surface area contributed by atoms with Crippen LogP contribution < -0.4 is 10.6 Å². The summed E-state index contributed by atoms with van der Waals surface area (Å²) in [5.41, 5.74) is 7.91. The van der Waals surface area contributed by atoms with Gasteiger partial charge in [-0.3, -0.25) is 0 Å². The zero-order valence-electron chi connectivity index (χ0n) is 11.4. The Morgan fingerprint density at radius 1 is 1.53 bits per heavy atom. The van der Waals surface area contributed by atoms with E-state index in [9.17, 15) is 0 Å². The Hall–Kier alpha value is -1.59. The third kappa shape index (κ3) is 1.99. The van der Waals surface area contributed by atoms with Gasteiger partial charge in [-0.25, -0.2) is 4.98 Å². The molecule has 2 aromatic rings. The number of aromatic nitrogens is 2. The van der Waals surface area contributed by atoms with Gasteiger partial charge in [0.15, 0.2) is 5.82 Å². The smallest absolute Gasteiger partial charge is 0.152 e. The maximum absolute atomic E-state index is 5.91. The van der Waals surface area contributed by atoms with Crippen LogP contribution in [0.3, 0.4) is 0 Å². The van der Waals surface area contributed by atoms with E-state index in [0.29, 0.717) is 12.6 Å². The number of nitrogens with two attached hydrogens (primary N) is 1. The van der Waals surface area contributed by atoms with E-state index in [1.54, 1.807) is 0 Å². The molecule has 2 N–H and O–H groups in total. The Kier molecular flexibility index (Phi) is 3.16. The summed E-state index contributed by atoms with van der Waals surface area (Å²) >= 11 is 0. The number of anilines is 1. The molecule has 0 radical (unpaired) electrons. The highest BCUT2D eigenvalue weighted by Gasteiger charge is 2.30. The van der Waals surface area contributed by atoms with Gasteiger partial charge in [-0.1, -0.05) is 6.07 Å². The first-order chi connectivity index (χ1) is 9.22. The van der Waals surface area contributed by atoms with Crippen molar-refractivity contribution in [2.45, 2.75) is 32.0 Å². The van der Waals surface area contributed by atoms with Gasteiger partial charge >= 0.3 is 0 Å². The van der Waals surface area contributed by atoms with E-state index in [4.69, 9.17) is 15.5 Å². The Bertz CT molecular complexity index is 580. The molecule has 2 unspecified atom stereocenters. The molecule has 1 fully saturated rings. The minimum absolute atomic E-state index is 0.237. The lowest BCUT2D eigenvalue weighted by Crippen LogP contribution is -2.37. The maximum atomic E-state index is 5.91. The molecule has 1 saturated heterocycles. The average Bonchev–Trinajstić information content (AvgIpc) is 3.01. The second kappa shape index (κ2) is 4.83. The molecule has 0 spiro atoms. The zero-order valence-corrected chi connectivity index (χ0v) is 11.4. The van der Waals surface area contributed by atoms with E-state index < -0.39 is 0 Å². The lowest BCUT2D eigenvalue weighted by molar-refractivity contribution is 0.118. The van der Waals surface area contributed by atoms with Crippen LogP contribution in [0, 0.1) is 0 Å². The molecule has 19 heavy (non-hydrogen) atoms. The molecule has 0 amide bonds. The fourth-order valence-corrected chi connectivity index (χ4v) is 2.89. The summed E-state index contributed by atoms with van der Waals surface area (Å²) < 4.78 is 7.71. The highest BCUT2D eigenvalue weighted by Crippen LogP contribution is 2.27. The molecule has 102 valence electrons. The molecule has 0 bridgehead atoms. The summed E-state index contributed by atoms with van der Waals surface area (Å²) in [7, 11) is 2.08. The minimum Gasteiger partial charge on any atom is -0.376 e. The Morgan fingerprint density at radius 2 is 2.37 bits per heavy atom. The van der Waals surface area contributed by atoms with Gasteiger partial charge in [0, 0.05) is 26.4 Å². The highest BCUT2D eigenvalue weighted by molar-refractivity contribution is 5.56. The normalized spacial score (nSPS) is 23.1. The van der Waals surface area contributed by atoms with Crippen molar-refractivity contribution in [2.24, 2.45) is 5.73 Å². The van der Waals surface area contributed by atoms with Gasteiger partial charge in [0.1, 0.15) is 5.65 Å². The summed E-state index contributed by atoms with van der Waals surface area (Å²) in [6.45, 7) is 3.42. The lowest BCUT2D eigenvalue weighted by atomic mass is 10.1. The summed E-state index contributed by atoms with van der Waals surface area (Å²) in [5, 5.41) is 0. The first kappa shape index (κ1) is 12.4. The summed E-state index contributed by atoms with van der Waals surface area (Å²) in [5.74, 6) is 0.969. The van der Waals surface area contributed by atoms with Gasteiger partial charge in [0.05, 0.1) is 17.8 Å². The van der Waals surface area contributed by atoms with Gasteiger partial charge in [-0.2, -0.15) is 0 Å². The van der Waals surface area contributed by atoms with Crippen molar-refractivity contribution in [3.63, 3.8) is 0 Å².